The number of hydrogen-bond donors (Lipinski definition) is 1. The Morgan fingerprint density at radius 1 is 1.41 bits per heavy atom. The fourth-order valence-electron chi connectivity index (χ4n) is 2.88. The van der Waals surface area contributed by atoms with Gasteiger partial charge >= 0.3 is 0 Å². The summed E-state index contributed by atoms with van der Waals surface area (Å²) in [4.78, 5) is 0. The Morgan fingerprint density at radius 2 is 2.24 bits per heavy atom. The number of halogens is 1. The third-order valence-corrected chi connectivity index (χ3v) is 4.37. The van der Waals surface area contributed by atoms with Crippen LogP contribution >= 0.6 is 11.6 Å². The molecule has 1 N–H and O–H groups in total. The normalized spacial score (nSPS) is 24.5. The van der Waals surface area contributed by atoms with Crippen LogP contribution in [0, 0.1) is 5.92 Å². The van der Waals surface area contributed by atoms with E-state index in [1.807, 2.05) is 12.1 Å². The van der Waals surface area contributed by atoms with Gasteiger partial charge in [0, 0.05) is 10.6 Å². The lowest BCUT2D eigenvalue weighted by atomic mass is 9.80. The van der Waals surface area contributed by atoms with Gasteiger partial charge in [-0.1, -0.05) is 37.6 Å². The lowest BCUT2D eigenvalue weighted by molar-refractivity contribution is 0.252. The van der Waals surface area contributed by atoms with Crippen LogP contribution in [0.4, 0.5) is 0 Å². The van der Waals surface area contributed by atoms with E-state index in [0.29, 0.717) is 11.5 Å². The predicted octanol–water partition coefficient (Wildman–Crippen LogP) is 4.05. The highest BCUT2D eigenvalue weighted by Gasteiger charge is 2.35. The van der Waals surface area contributed by atoms with Crippen molar-refractivity contribution in [2.45, 2.75) is 45.1 Å². The minimum atomic E-state index is 0.350. The van der Waals surface area contributed by atoms with Crippen molar-refractivity contribution in [2.24, 2.45) is 5.92 Å². The zero-order chi connectivity index (χ0) is 12.3. The second-order valence-electron chi connectivity index (χ2n) is 5.47. The number of hydrogen-bond acceptors (Lipinski definition) is 1. The molecule has 17 heavy (non-hydrogen) atoms. The van der Waals surface area contributed by atoms with Gasteiger partial charge in [0.1, 0.15) is 0 Å². The maximum absolute atomic E-state index is 6.02. The van der Waals surface area contributed by atoms with Gasteiger partial charge in [0.25, 0.3) is 0 Å². The molecule has 0 aromatic heterocycles. The zero-order valence-corrected chi connectivity index (χ0v) is 11.6. The monoisotopic (exact) mass is 251 g/mol. The molecule has 2 rings (SSSR count). The smallest absolute Gasteiger partial charge is 0.0408 e. The van der Waals surface area contributed by atoms with Gasteiger partial charge in [-0.3, -0.25) is 0 Å². The predicted molar refractivity (Wildman–Crippen MR) is 74.6 cm³/mol. The fourth-order valence-corrected chi connectivity index (χ4v) is 3.10. The molecule has 94 valence electrons. The largest absolute Gasteiger partial charge is 0.311 e. The van der Waals surface area contributed by atoms with Crippen LogP contribution in [0.15, 0.2) is 24.3 Å². The number of rotatable bonds is 4. The van der Waals surface area contributed by atoms with Crippen molar-refractivity contribution in [3.05, 3.63) is 34.9 Å². The zero-order valence-electron chi connectivity index (χ0n) is 10.8. The summed E-state index contributed by atoms with van der Waals surface area (Å²) in [5.41, 5.74) is 1.70. The molecule has 0 amide bonds. The van der Waals surface area contributed by atoms with Crippen molar-refractivity contribution >= 4 is 11.6 Å². The first-order chi connectivity index (χ1) is 8.12. The van der Waals surface area contributed by atoms with E-state index in [9.17, 15) is 0 Å². The van der Waals surface area contributed by atoms with Crippen LogP contribution in [-0.2, 0) is 6.42 Å². The number of nitrogens with one attached hydrogen (secondary N) is 1. The molecule has 1 atom stereocenters. The van der Waals surface area contributed by atoms with E-state index in [1.165, 1.54) is 31.4 Å². The topological polar surface area (TPSA) is 12.0 Å². The summed E-state index contributed by atoms with van der Waals surface area (Å²) in [5.74, 6) is 0.698. The van der Waals surface area contributed by atoms with Crippen LogP contribution in [0.5, 0.6) is 0 Å². The maximum atomic E-state index is 6.02. The summed E-state index contributed by atoms with van der Waals surface area (Å²) in [7, 11) is 0. The molecule has 1 aliphatic rings. The van der Waals surface area contributed by atoms with E-state index in [1.54, 1.807) is 0 Å². The maximum Gasteiger partial charge on any atom is 0.0408 e. The van der Waals surface area contributed by atoms with Gasteiger partial charge in [-0.25, -0.2) is 0 Å². The molecule has 0 bridgehead atoms. The van der Waals surface area contributed by atoms with Crippen LogP contribution in [0.3, 0.4) is 0 Å². The Balaban J connectivity index is 2.01. The molecule has 0 radical (unpaired) electrons. The molecule has 1 aliphatic heterocycles. The third kappa shape index (κ3) is 3.02. The Morgan fingerprint density at radius 3 is 2.82 bits per heavy atom. The quantitative estimate of drug-likeness (QED) is 0.851. The summed E-state index contributed by atoms with van der Waals surface area (Å²) >= 11 is 6.02. The van der Waals surface area contributed by atoms with Crippen LogP contribution in [0.1, 0.15) is 38.7 Å². The van der Waals surface area contributed by atoms with Crippen molar-refractivity contribution in [1.29, 1.82) is 0 Å². The average molecular weight is 252 g/mol. The van der Waals surface area contributed by atoms with Gasteiger partial charge in [0.05, 0.1) is 0 Å². The number of aryl methyl sites for hydroxylation is 1. The Kier molecular flexibility index (Phi) is 4.11. The number of benzene rings is 1. The molecular formula is C15H22ClN. The minimum Gasteiger partial charge on any atom is -0.311 e. The molecule has 1 saturated heterocycles. The van der Waals surface area contributed by atoms with Crippen LogP contribution in [0.25, 0.3) is 0 Å². The summed E-state index contributed by atoms with van der Waals surface area (Å²) in [6, 6.07) is 8.25. The van der Waals surface area contributed by atoms with Crippen LogP contribution in [-0.4, -0.2) is 12.1 Å². The van der Waals surface area contributed by atoms with Crippen molar-refractivity contribution < 1.29 is 0 Å². The molecule has 1 nitrogen and oxygen atoms in total. The van der Waals surface area contributed by atoms with Crippen molar-refractivity contribution in [2.75, 3.05) is 6.54 Å². The molecule has 1 heterocycles. The van der Waals surface area contributed by atoms with E-state index in [-0.39, 0.29) is 0 Å². The summed E-state index contributed by atoms with van der Waals surface area (Å²) < 4.78 is 0. The van der Waals surface area contributed by atoms with Crippen molar-refractivity contribution in [3.63, 3.8) is 0 Å². The third-order valence-electron chi connectivity index (χ3n) is 4.13. The Bertz CT molecular complexity index is 367. The van der Waals surface area contributed by atoms with E-state index >= 15 is 0 Å². The standard InChI is InChI=1S/C15H22ClN/c1-12(2)15(8-4-10-17-15)9-7-13-5-3-6-14(16)11-13/h3,5-6,11-12,17H,4,7-10H2,1-2H3. The van der Waals surface area contributed by atoms with Gasteiger partial charge in [-0.2, -0.15) is 0 Å². The van der Waals surface area contributed by atoms with E-state index in [2.05, 4.69) is 31.3 Å². The lowest BCUT2D eigenvalue weighted by Gasteiger charge is -2.34. The molecular weight excluding hydrogens is 230 g/mol. The van der Waals surface area contributed by atoms with Gasteiger partial charge in [-0.05, 0) is 55.8 Å². The Hall–Kier alpha value is -0.530. The molecule has 1 aromatic rings. The molecule has 0 saturated carbocycles. The van der Waals surface area contributed by atoms with E-state index in [0.717, 1.165) is 11.4 Å². The van der Waals surface area contributed by atoms with Crippen molar-refractivity contribution in [1.82, 2.24) is 5.32 Å². The van der Waals surface area contributed by atoms with Gasteiger partial charge < -0.3 is 5.32 Å². The summed E-state index contributed by atoms with van der Waals surface area (Å²) in [6.07, 6.45) is 4.95. The summed E-state index contributed by atoms with van der Waals surface area (Å²) in [6.45, 7) is 5.83. The van der Waals surface area contributed by atoms with E-state index < -0.39 is 0 Å². The highest BCUT2D eigenvalue weighted by Crippen LogP contribution is 2.32. The highest BCUT2D eigenvalue weighted by molar-refractivity contribution is 6.30. The van der Waals surface area contributed by atoms with Gasteiger partial charge in [-0.15, -0.1) is 0 Å². The van der Waals surface area contributed by atoms with Gasteiger partial charge in [0.2, 0.25) is 0 Å². The second kappa shape index (κ2) is 5.41. The van der Waals surface area contributed by atoms with Crippen LogP contribution < -0.4 is 5.32 Å². The first-order valence-corrected chi connectivity index (χ1v) is 7.00. The summed E-state index contributed by atoms with van der Waals surface area (Å²) in [5, 5.41) is 4.57. The molecule has 1 fully saturated rings. The second-order valence-corrected chi connectivity index (χ2v) is 5.91. The lowest BCUT2D eigenvalue weighted by Crippen LogP contribution is -2.45. The average Bonchev–Trinajstić information content (AvgIpc) is 2.76. The first-order valence-electron chi connectivity index (χ1n) is 6.62. The van der Waals surface area contributed by atoms with Gasteiger partial charge in [0.15, 0.2) is 0 Å². The molecule has 0 spiro atoms. The first kappa shape index (κ1) is 12.9. The molecule has 0 aliphatic carbocycles. The van der Waals surface area contributed by atoms with Crippen LogP contribution in [0.2, 0.25) is 5.02 Å². The molecule has 2 heteroatoms. The van der Waals surface area contributed by atoms with Crippen molar-refractivity contribution in [3.8, 4) is 0 Å². The minimum absolute atomic E-state index is 0.350. The molecule has 1 aromatic carbocycles. The highest BCUT2D eigenvalue weighted by atomic mass is 35.5. The molecule has 1 unspecified atom stereocenters. The SMILES string of the molecule is CC(C)C1(CCc2cccc(Cl)c2)CCCN1. The fraction of sp³-hybridized carbons (Fsp3) is 0.600. The Labute approximate surface area is 110 Å². The van der Waals surface area contributed by atoms with E-state index in [4.69, 9.17) is 11.6 Å².